The molecule has 1 aliphatic rings. The van der Waals surface area contributed by atoms with Crippen molar-refractivity contribution < 1.29 is 19.1 Å². The Labute approximate surface area is 164 Å². The van der Waals surface area contributed by atoms with E-state index in [-0.39, 0.29) is 18.0 Å². The molecule has 0 aromatic heterocycles. The zero-order valence-electron chi connectivity index (χ0n) is 16.3. The van der Waals surface area contributed by atoms with Gasteiger partial charge in [-0.1, -0.05) is 25.1 Å². The Morgan fingerprint density at radius 3 is 2.54 bits per heavy atom. The van der Waals surface area contributed by atoms with Gasteiger partial charge < -0.3 is 25.0 Å². The summed E-state index contributed by atoms with van der Waals surface area (Å²) in [5, 5.41) is 5.53. The molecule has 7 nitrogen and oxygen atoms in total. The average Bonchev–Trinajstić information content (AvgIpc) is 2.64. The molecule has 0 atom stereocenters. The number of rotatable bonds is 6. The number of aryl methyl sites for hydroxylation is 1. The highest BCUT2D eigenvalue weighted by molar-refractivity contribution is 5.94. The fourth-order valence-electron chi connectivity index (χ4n) is 3.04. The number of carbonyl (C=O) groups excluding carboxylic acids is 2. The van der Waals surface area contributed by atoms with Crippen molar-refractivity contribution in [2.45, 2.75) is 26.4 Å². The molecule has 3 amide bonds. The molecule has 1 aliphatic heterocycles. The highest BCUT2D eigenvalue weighted by atomic mass is 16.5. The first kappa shape index (κ1) is 19.5. The van der Waals surface area contributed by atoms with Crippen molar-refractivity contribution in [1.82, 2.24) is 4.90 Å². The van der Waals surface area contributed by atoms with Crippen LogP contribution in [-0.2, 0) is 11.2 Å². The van der Waals surface area contributed by atoms with Crippen molar-refractivity contribution in [3.05, 3.63) is 48.0 Å². The van der Waals surface area contributed by atoms with Crippen LogP contribution in [0.15, 0.2) is 42.5 Å². The topological polar surface area (TPSA) is 79.9 Å². The first-order valence-corrected chi connectivity index (χ1v) is 9.26. The van der Waals surface area contributed by atoms with Gasteiger partial charge in [0, 0.05) is 12.6 Å². The van der Waals surface area contributed by atoms with Crippen molar-refractivity contribution in [2.75, 3.05) is 30.8 Å². The molecule has 148 valence electrons. The molecule has 0 spiro atoms. The van der Waals surface area contributed by atoms with Crippen LogP contribution in [0.4, 0.5) is 16.2 Å². The fourth-order valence-corrected chi connectivity index (χ4v) is 3.04. The summed E-state index contributed by atoms with van der Waals surface area (Å²) in [6.07, 6.45) is 0.894. The van der Waals surface area contributed by atoms with E-state index in [0.717, 1.165) is 17.7 Å². The fraction of sp³-hybridized carbons (Fsp3) is 0.333. The van der Waals surface area contributed by atoms with Gasteiger partial charge in [-0.3, -0.25) is 4.79 Å². The van der Waals surface area contributed by atoms with E-state index < -0.39 is 0 Å². The summed E-state index contributed by atoms with van der Waals surface area (Å²) in [7, 11) is 1.52. The van der Waals surface area contributed by atoms with E-state index in [1.54, 1.807) is 23.1 Å². The van der Waals surface area contributed by atoms with Crippen LogP contribution in [-0.4, -0.2) is 43.1 Å². The Balaban J connectivity index is 1.56. The number of hydrogen-bond donors (Lipinski definition) is 2. The number of urea groups is 1. The summed E-state index contributed by atoms with van der Waals surface area (Å²) in [6, 6.07) is 12.9. The number of likely N-dealkylation sites (tertiary alicyclic amines) is 1. The quantitative estimate of drug-likeness (QED) is 0.800. The Kier molecular flexibility index (Phi) is 6.03. The molecule has 2 aromatic rings. The maximum Gasteiger partial charge on any atom is 0.322 e. The van der Waals surface area contributed by atoms with Gasteiger partial charge in [-0.15, -0.1) is 0 Å². The number of nitrogens with zero attached hydrogens (tertiary/aromatic N) is 1. The lowest BCUT2D eigenvalue weighted by atomic mass is 10.1. The maximum atomic E-state index is 12.4. The van der Waals surface area contributed by atoms with Gasteiger partial charge in [-0.2, -0.15) is 0 Å². The molecule has 1 fully saturated rings. The number of ether oxygens (including phenoxy) is 2. The van der Waals surface area contributed by atoms with Crippen LogP contribution in [0.5, 0.6) is 11.5 Å². The lowest BCUT2D eigenvalue weighted by Crippen LogP contribution is -2.57. The SMILES string of the molecule is CCc1ccccc1OC1CN(C(=O)Nc2ccc(OC)c(NC(C)=O)c2)C1. The van der Waals surface area contributed by atoms with Crippen LogP contribution >= 0.6 is 0 Å². The van der Waals surface area contributed by atoms with Gasteiger partial charge in [0.15, 0.2) is 0 Å². The van der Waals surface area contributed by atoms with E-state index in [2.05, 4.69) is 23.6 Å². The third-order valence-corrected chi connectivity index (χ3v) is 4.54. The van der Waals surface area contributed by atoms with Crippen molar-refractivity contribution in [2.24, 2.45) is 0 Å². The summed E-state index contributed by atoms with van der Waals surface area (Å²) in [5.41, 5.74) is 2.25. The van der Waals surface area contributed by atoms with Gasteiger partial charge in [0.1, 0.15) is 17.6 Å². The van der Waals surface area contributed by atoms with Crippen LogP contribution in [0.1, 0.15) is 19.4 Å². The number of anilines is 2. The third kappa shape index (κ3) is 4.54. The number of methoxy groups -OCH3 is 1. The molecule has 7 heteroatoms. The van der Waals surface area contributed by atoms with Gasteiger partial charge in [-0.25, -0.2) is 4.79 Å². The minimum Gasteiger partial charge on any atom is -0.495 e. The molecular formula is C21H25N3O4. The molecule has 0 saturated carbocycles. The molecule has 0 unspecified atom stereocenters. The lowest BCUT2D eigenvalue weighted by Gasteiger charge is -2.39. The molecular weight excluding hydrogens is 358 g/mol. The van der Waals surface area contributed by atoms with Crippen molar-refractivity contribution in [1.29, 1.82) is 0 Å². The van der Waals surface area contributed by atoms with E-state index in [0.29, 0.717) is 30.2 Å². The normalized spacial score (nSPS) is 13.5. The molecule has 2 aromatic carbocycles. The second kappa shape index (κ2) is 8.65. The Bertz CT molecular complexity index is 862. The van der Waals surface area contributed by atoms with E-state index >= 15 is 0 Å². The van der Waals surface area contributed by atoms with Gasteiger partial charge in [0.2, 0.25) is 5.91 Å². The number of benzene rings is 2. The van der Waals surface area contributed by atoms with Gasteiger partial charge >= 0.3 is 6.03 Å². The minimum absolute atomic E-state index is 0.00995. The molecule has 0 bridgehead atoms. The molecule has 0 radical (unpaired) electrons. The third-order valence-electron chi connectivity index (χ3n) is 4.54. The monoisotopic (exact) mass is 383 g/mol. The first-order chi connectivity index (χ1) is 13.5. The molecule has 1 saturated heterocycles. The molecule has 1 heterocycles. The van der Waals surface area contributed by atoms with Crippen LogP contribution in [0, 0.1) is 0 Å². The predicted octanol–water partition coefficient (Wildman–Crippen LogP) is 3.51. The van der Waals surface area contributed by atoms with E-state index in [9.17, 15) is 9.59 Å². The maximum absolute atomic E-state index is 12.4. The highest BCUT2D eigenvalue weighted by Gasteiger charge is 2.32. The molecule has 28 heavy (non-hydrogen) atoms. The highest BCUT2D eigenvalue weighted by Crippen LogP contribution is 2.28. The van der Waals surface area contributed by atoms with E-state index in [1.165, 1.54) is 14.0 Å². The van der Waals surface area contributed by atoms with E-state index in [1.807, 2.05) is 18.2 Å². The number of carbonyl (C=O) groups is 2. The zero-order valence-corrected chi connectivity index (χ0v) is 16.3. The van der Waals surface area contributed by atoms with Crippen LogP contribution in [0.2, 0.25) is 0 Å². The Hall–Kier alpha value is -3.22. The van der Waals surface area contributed by atoms with Crippen molar-refractivity contribution in [3.63, 3.8) is 0 Å². The summed E-state index contributed by atoms with van der Waals surface area (Å²) >= 11 is 0. The number of para-hydroxylation sites is 1. The Morgan fingerprint density at radius 2 is 1.86 bits per heavy atom. The molecule has 3 rings (SSSR count). The largest absolute Gasteiger partial charge is 0.495 e. The second-order valence-electron chi connectivity index (χ2n) is 6.63. The zero-order chi connectivity index (χ0) is 20.1. The second-order valence-corrected chi connectivity index (χ2v) is 6.63. The smallest absolute Gasteiger partial charge is 0.322 e. The number of nitrogens with one attached hydrogen (secondary N) is 2. The van der Waals surface area contributed by atoms with E-state index in [4.69, 9.17) is 9.47 Å². The average molecular weight is 383 g/mol. The first-order valence-electron chi connectivity index (χ1n) is 9.26. The number of hydrogen-bond acceptors (Lipinski definition) is 4. The molecule has 2 N–H and O–H groups in total. The van der Waals surface area contributed by atoms with Crippen molar-refractivity contribution in [3.8, 4) is 11.5 Å². The van der Waals surface area contributed by atoms with Crippen molar-refractivity contribution >= 4 is 23.3 Å². The van der Waals surface area contributed by atoms with Gasteiger partial charge in [-0.05, 0) is 36.2 Å². The number of amides is 3. The van der Waals surface area contributed by atoms with Gasteiger partial charge in [0.05, 0.1) is 25.9 Å². The summed E-state index contributed by atoms with van der Waals surface area (Å²) in [6.45, 7) is 4.56. The Morgan fingerprint density at radius 1 is 1.11 bits per heavy atom. The van der Waals surface area contributed by atoms with Gasteiger partial charge in [0.25, 0.3) is 0 Å². The predicted molar refractivity (Wildman–Crippen MR) is 108 cm³/mol. The van der Waals surface area contributed by atoms with Crippen LogP contribution in [0.25, 0.3) is 0 Å². The summed E-state index contributed by atoms with van der Waals surface area (Å²) < 4.78 is 11.2. The minimum atomic E-state index is -0.211. The summed E-state index contributed by atoms with van der Waals surface area (Å²) in [5.74, 6) is 1.20. The molecule has 0 aliphatic carbocycles. The summed E-state index contributed by atoms with van der Waals surface area (Å²) in [4.78, 5) is 25.5. The van der Waals surface area contributed by atoms with Crippen LogP contribution < -0.4 is 20.1 Å². The standard InChI is InChI=1S/C21H25N3O4/c1-4-15-7-5-6-8-19(15)28-17-12-24(13-17)21(26)23-16-9-10-20(27-3)18(11-16)22-14(2)25/h5-11,17H,4,12-13H2,1-3H3,(H,22,25)(H,23,26). The lowest BCUT2D eigenvalue weighted by molar-refractivity contribution is -0.114. The van der Waals surface area contributed by atoms with Crippen LogP contribution in [0.3, 0.4) is 0 Å².